The predicted molar refractivity (Wildman–Crippen MR) is 99.4 cm³/mol. The molecule has 0 aliphatic carbocycles. The van der Waals surface area contributed by atoms with Gasteiger partial charge in [-0.15, -0.1) is 0 Å². The molecule has 1 fully saturated rings. The van der Waals surface area contributed by atoms with E-state index in [-0.39, 0.29) is 10.7 Å². The molecule has 1 N–H and O–H groups in total. The highest BCUT2D eigenvalue weighted by atomic mass is 32.2. The first-order valence-electron chi connectivity index (χ1n) is 8.45. The number of aromatic nitrogens is 1. The Kier molecular flexibility index (Phi) is 4.34. The van der Waals surface area contributed by atoms with Crippen molar-refractivity contribution in [2.24, 2.45) is 0 Å². The fourth-order valence-electron chi connectivity index (χ4n) is 3.17. The van der Waals surface area contributed by atoms with Crippen molar-refractivity contribution >= 4 is 32.3 Å². The zero-order valence-electron chi connectivity index (χ0n) is 14.0. The number of benzene rings is 2. The van der Waals surface area contributed by atoms with Gasteiger partial charge in [-0.25, -0.2) is 12.8 Å². The molecule has 0 radical (unpaired) electrons. The summed E-state index contributed by atoms with van der Waals surface area (Å²) in [6.45, 7) is 1.16. The molecule has 2 aromatic carbocycles. The Labute approximate surface area is 151 Å². The van der Waals surface area contributed by atoms with Gasteiger partial charge in [0.05, 0.1) is 10.4 Å². The van der Waals surface area contributed by atoms with Crippen LogP contribution in [0, 0.1) is 5.82 Å². The van der Waals surface area contributed by atoms with Gasteiger partial charge in [-0.2, -0.15) is 4.31 Å². The topological polar surface area (TPSA) is 62.3 Å². The van der Waals surface area contributed by atoms with Gasteiger partial charge in [-0.1, -0.05) is 0 Å². The molecule has 1 aromatic heterocycles. The molecule has 1 saturated heterocycles. The van der Waals surface area contributed by atoms with E-state index >= 15 is 0 Å². The highest BCUT2D eigenvalue weighted by Gasteiger charge is 2.26. The average Bonchev–Trinajstić information content (AvgIpc) is 3.18. The van der Waals surface area contributed by atoms with Crippen LogP contribution in [0.4, 0.5) is 15.8 Å². The van der Waals surface area contributed by atoms with Crippen LogP contribution in [0.2, 0.25) is 0 Å². The van der Waals surface area contributed by atoms with Gasteiger partial charge in [-0.05, 0) is 61.4 Å². The van der Waals surface area contributed by atoms with E-state index in [0.717, 1.165) is 18.5 Å². The number of hydrogen-bond acceptors (Lipinski definition) is 4. The van der Waals surface area contributed by atoms with Crippen LogP contribution in [0.25, 0.3) is 10.9 Å². The van der Waals surface area contributed by atoms with E-state index in [1.165, 1.54) is 16.4 Å². The van der Waals surface area contributed by atoms with E-state index in [9.17, 15) is 12.8 Å². The minimum atomic E-state index is -3.42. The molecule has 3 aromatic rings. The molecule has 1 aliphatic heterocycles. The Morgan fingerprint density at radius 2 is 1.73 bits per heavy atom. The molecule has 134 valence electrons. The first-order chi connectivity index (χ1) is 12.5. The van der Waals surface area contributed by atoms with Crippen LogP contribution in [0.5, 0.6) is 0 Å². The summed E-state index contributed by atoms with van der Waals surface area (Å²) in [6, 6.07) is 12.8. The van der Waals surface area contributed by atoms with Crippen molar-refractivity contribution in [2.75, 3.05) is 18.4 Å². The molecule has 7 heteroatoms. The van der Waals surface area contributed by atoms with Gasteiger partial charge in [0.1, 0.15) is 5.82 Å². The number of sulfonamides is 1. The minimum Gasteiger partial charge on any atom is -0.355 e. The second-order valence-corrected chi connectivity index (χ2v) is 8.22. The van der Waals surface area contributed by atoms with Crippen molar-refractivity contribution < 1.29 is 12.8 Å². The van der Waals surface area contributed by atoms with Gasteiger partial charge in [-0.3, -0.25) is 4.98 Å². The first kappa shape index (κ1) is 16.9. The lowest BCUT2D eigenvalue weighted by molar-refractivity contribution is 0.477. The quantitative estimate of drug-likeness (QED) is 0.755. The van der Waals surface area contributed by atoms with Crippen LogP contribution in [-0.2, 0) is 10.0 Å². The van der Waals surface area contributed by atoms with E-state index in [1.54, 1.807) is 42.6 Å². The van der Waals surface area contributed by atoms with E-state index in [2.05, 4.69) is 10.3 Å². The molecule has 0 spiro atoms. The summed E-state index contributed by atoms with van der Waals surface area (Å²) in [4.78, 5) is 4.51. The van der Waals surface area contributed by atoms with Crippen LogP contribution >= 0.6 is 0 Å². The molecule has 0 saturated carbocycles. The van der Waals surface area contributed by atoms with Crippen molar-refractivity contribution in [1.29, 1.82) is 0 Å². The molecule has 4 rings (SSSR count). The van der Waals surface area contributed by atoms with Crippen LogP contribution < -0.4 is 5.32 Å². The second kappa shape index (κ2) is 6.66. The lowest BCUT2D eigenvalue weighted by Gasteiger charge is -2.16. The van der Waals surface area contributed by atoms with Gasteiger partial charge >= 0.3 is 0 Å². The molecule has 2 heterocycles. The van der Waals surface area contributed by atoms with Crippen LogP contribution in [-0.4, -0.2) is 30.8 Å². The number of nitrogens with one attached hydrogen (secondary N) is 1. The minimum absolute atomic E-state index is 0.288. The van der Waals surface area contributed by atoms with Gasteiger partial charge in [0.25, 0.3) is 0 Å². The molecule has 0 unspecified atom stereocenters. The number of pyridine rings is 1. The third kappa shape index (κ3) is 3.15. The summed E-state index contributed by atoms with van der Waals surface area (Å²) in [5.74, 6) is -0.333. The number of nitrogens with zero attached hydrogens (tertiary/aromatic N) is 2. The standard InChI is InChI=1S/C19H18FN3O2S/c20-14-3-8-18-17(13-14)19(9-10-21-18)22-15-4-6-16(7-5-15)26(24,25)23-11-1-2-12-23/h3-10,13H,1-2,11-12H2,(H,21,22). The first-order valence-corrected chi connectivity index (χ1v) is 9.89. The van der Waals surface area contributed by atoms with Gasteiger partial charge in [0.2, 0.25) is 10.0 Å². The highest BCUT2D eigenvalue weighted by molar-refractivity contribution is 7.89. The fourth-order valence-corrected chi connectivity index (χ4v) is 4.69. The summed E-state index contributed by atoms with van der Waals surface area (Å²) in [7, 11) is -3.42. The van der Waals surface area contributed by atoms with Crippen molar-refractivity contribution in [1.82, 2.24) is 9.29 Å². The molecule has 0 bridgehead atoms. The normalized spacial score (nSPS) is 15.4. The maximum atomic E-state index is 13.6. The SMILES string of the molecule is O=S(=O)(c1ccc(Nc2ccnc3ccc(F)cc23)cc1)N1CCCC1. The number of rotatable bonds is 4. The fraction of sp³-hybridized carbons (Fsp3) is 0.211. The molecule has 0 atom stereocenters. The maximum Gasteiger partial charge on any atom is 0.243 e. The number of halogens is 1. The van der Waals surface area contributed by atoms with E-state index in [1.807, 2.05) is 0 Å². The van der Waals surface area contributed by atoms with E-state index in [4.69, 9.17) is 0 Å². The lowest BCUT2D eigenvalue weighted by atomic mass is 10.1. The molecular weight excluding hydrogens is 353 g/mol. The van der Waals surface area contributed by atoms with Crippen molar-refractivity contribution in [3.05, 3.63) is 60.5 Å². The van der Waals surface area contributed by atoms with Crippen molar-refractivity contribution in [3.63, 3.8) is 0 Å². The molecule has 0 amide bonds. The van der Waals surface area contributed by atoms with E-state index in [0.29, 0.717) is 29.7 Å². The number of fused-ring (bicyclic) bond motifs is 1. The van der Waals surface area contributed by atoms with Crippen molar-refractivity contribution in [3.8, 4) is 0 Å². The monoisotopic (exact) mass is 371 g/mol. The number of hydrogen-bond donors (Lipinski definition) is 1. The maximum absolute atomic E-state index is 13.6. The molecule has 26 heavy (non-hydrogen) atoms. The summed E-state index contributed by atoms with van der Waals surface area (Å²) in [5.41, 5.74) is 2.12. The summed E-state index contributed by atoms with van der Waals surface area (Å²) < 4.78 is 40.2. The zero-order valence-corrected chi connectivity index (χ0v) is 14.8. The van der Waals surface area contributed by atoms with Gasteiger partial charge in [0, 0.05) is 36.0 Å². The second-order valence-electron chi connectivity index (χ2n) is 6.28. The molecule has 1 aliphatic rings. The van der Waals surface area contributed by atoms with Crippen LogP contribution in [0.1, 0.15) is 12.8 Å². The lowest BCUT2D eigenvalue weighted by Crippen LogP contribution is -2.27. The Morgan fingerprint density at radius 3 is 2.46 bits per heavy atom. The third-order valence-corrected chi connectivity index (χ3v) is 6.45. The molecular formula is C19H18FN3O2S. The van der Waals surface area contributed by atoms with Crippen molar-refractivity contribution in [2.45, 2.75) is 17.7 Å². The van der Waals surface area contributed by atoms with Gasteiger partial charge in [0.15, 0.2) is 0 Å². The van der Waals surface area contributed by atoms with Crippen LogP contribution in [0.3, 0.4) is 0 Å². The van der Waals surface area contributed by atoms with E-state index < -0.39 is 10.0 Å². The van der Waals surface area contributed by atoms with Crippen LogP contribution in [0.15, 0.2) is 59.6 Å². The predicted octanol–water partition coefficient (Wildman–Crippen LogP) is 3.90. The zero-order chi connectivity index (χ0) is 18.1. The smallest absolute Gasteiger partial charge is 0.243 e. The largest absolute Gasteiger partial charge is 0.355 e. The average molecular weight is 371 g/mol. The molecule has 5 nitrogen and oxygen atoms in total. The summed E-state index contributed by atoms with van der Waals surface area (Å²) >= 11 is 0. The Balaban J connectivity index is 1.61. The Morgan fingerprint density at radius 1 is 1.00 bits per heavy atom. The summed E-state index contributed by atoms with van der Waals surface area (Å²) in [5, 5.41) is 3.88. The third-order valence-electron chi connectivity index (χ3n) is 4.54. The summed E-state index contributed by atoms with van der Waals surface area (Å²) in [6.07, 6.45) is 3.46. The number of anilines is 2. The Bertz CT molecular complexity index is 1050. The highest BCUT2D eigenvalue weighted by Crippen LogP contribution is 2.27. The Hall–Kier alpha value is -2.51. The van der Waals surface area contributed by atoms with Gasteiger partial charge < -0.3 is 5.32 Å².